The van der Waals surface area contributed by atoms with Gasteiger partial charge in [0.15, 0.2) is 0 Å². The lowest BCUT2D eigenvalue weighted by Crippen LogP contribution is -2.39. The molecule has 0 spiro atoms. The highest BCUT2D eigenvalue weighted by molar-refractivity contribution is 5.15. The van der Waals surface area contributed by atoms with Gasteiger partial charge in [0, 0.05) is 6.04 Å². The van der Waals surface area contributed by atoms with Crippen molar-refractivity contribution in [2.45, 2.75) is 31.7 Å². The minimum absolute atomic E-state index is 0.211. The van der Waals surface area contributed by atoms with Gasteiger partial charge in [0.2, 0.25) is 0 Å². The predicted octanol–water partition coefficient (Wildman–Crippen LogP) is 1.98. The summed E-state index contributed by atoms with van der Waals surface area (Å²) in [6.45, 7) is 1.29. The maximum atomic E-state index is 9.33. The normalized spacial score (nSPS) is 18.1. The second-order valence-corrected chi connectivity index (χ2v) is 4.77. The Hall–Kier alpha value is -0.860. The smallest absolute Gasteiger partial charge is 0.0587 e. The minimum Gasteiger partial charge on any atom is -0.395 e. The zero-order valence-corrected chi connectivity index (χ0v) is 9.73. The van der Waals surface area contributed by atoms with Crippen LogP contribution in [0.5, 0.6) is 0 Å². The van der Waals surface area contributed by atoms with E-state index in [4.69, 9.17) is 0 Å². The van der Waals surface area contributed by atoms with E-state index in [9.17, 15) is 5.11 Å². The Kier molecular flexibility index (Phi) is 4.37. The Bertz CT molecular complexity index is 295. The first-order chi connectivity index (χ1) is 7.88. The molecule has 1 aliphatic rings. The topological polar surface area (TPSA) is 32.3 Å². The van der Waals surface area contributed by atoms with Crippen molar-refractivity contribution in [1.82, 2.24) is 5.32 Å². The summed E-state index contributed by atoms with van der Waals surface area (Å²) in [5, 5.41) is 12.8. The zero-order chi connectivity index (χ0) is 11.2. The molecule has 1 atom stereocenters. The number of hydrogen-bond acceptors (Lipinski definition) is 2. The van der Waals surface area contributed by atoms with Crippen molar-refractivity contribution in [2.75, 3.05) is 13.2 Å². The molecule has 0 heterocycles. The Morgan fingerprint density at radius 3 is 2.56 bits per heavy atom. The van der Waals surface area contributed by atoms with Crippen molar-refractivity contribution in [3.63, 3.8) is 0 Å². The lowest BCUT2D eigenvalue weighted by atomic mass is 9.85. The molecule has 16 heavy (non-hydrogen) atoms. The molecule has 1 aliphatic carbocycles. The average Bonchev–Trinajstić information content (AvgIpc) is 2.27. The number of benzene rings is 1. The minimum atomic E-state index is 0.211. The van der Waals surface area contributed by atoms with Crippen LogP contribution in [0.3, 0.4) is 0 Å². The molecular formula is C14H21NO. The fourth-order valence-electron chi connectivity index (χ4n) is 2.13. The standard InChI is InChI=1S/C14H21NO/c16-11-14(15-10-13-7-4-8-13)9-12-5-2-1-3-6-12/h1-3,5-6,13-16H,4,7-11H2. The van der Waals surface area contributed by atoms with Crippen LogP contribution in [0, 0.1) is 5.92 Å². The molecule has 0 radical (unpaired) electrons. The number of hydrogen-bond donors (Lipinski definition) is 2. The number of rotatable bonds is 6. The third-order valence-corrected chi connectivity index (χ3v) is 3.47. The molecule has 2 rings (SSSR count). The van der Waals surface area contributed by atoms with Crippen molar-refractivity contribution >= 4 is 0 Å². The fraction of sp³-hybridized carbons (Fsp3) is 0.571. The summed E-state index contributed by atoms with van der Waals surface area (Å²) in [6.07, 6.45) is 5.02. The van der Waals surface area contributed by atoms with Crippen molar-refractivity contribution in [3.8, 4) is 0 Å². The molecule has 1 saturated carbocycles. The van der Waals surface area contributed by atoms with Gasteiger partial charge in [-0.25, -0.2) is 0 Å². The van der Waals surface area contributed by atoms with Crippen LogP contribution in [0.4, 0.5) is 0 Å². The largest absolute Gasteiger partial charge is 0.395 e. The molecule has 0 saturated heterocycles. The Morgan fingerprint density at radius 1 is 1.25 bits per heavy atom. The summed E-state index contributed by atoms with van der Waals surface area (Å²) in [5.74, 6) is 0.852. The summed E-state index contributed by atoms with van der Waals surface area (Å²) in [7, 11) is 0. The molecule has 0 bridgehead atoms. The van der Waals surface area contributed by atoms with Gasteiger partial charge in [-0.05, 0) is 37.3 Å². The molecule has 0 aromatic heterocycles. The first kappa shape index (κ1) is 11.6. The molecule has 0 amide bonds. The summed E-state index contributed by atoms with van der Waals surface area (Å²) < 4.78 is 0. The molecular weight excluding hydrogens is 198 g/mol. The second-order valence-electron chi connectivity index (χ2n) is 4.77. The van der Waals surface area contributed by atoms with Gasteiger partial charge in [-0.15, -0.1) is 0 Å². The quantitative estimate of drug-likeness (QED) is 0.767. The average molecular weight is 219 g/mol. The summed E-state index contributed by atoms with van der Waals surface area (Å²) in [5.41, 5.74) is 1.29. The first-order valence-corrected chi connectivity index (χ1v) is 6.26. The van der Waals surface area contributed by atoms with Crippen LogP contribution >= 0.6 is 0 Å². The molecule has 2 nitrogen and oxygen atoms in total. The maximum absolute atomic E-state index is 9.33. The SMILES string of the molecule is OCC(Cc1ccccc1)NCC1CCC1. The zero-order valence-electron chi connectivity index (χ0n) is 9.73. The van der Waals surface area contributed by atoms with Gasteiger partial charge >= 0.3 is 0 Å². The Balaban J connectivity index is 1.76. The van der Waals surface area contributed by atoms with Crippen molar-refractivity contribution < 1.29 is 5.11 Å². The van der Waals surface area contributed by atoms with E-state index in [-0.39, 0.29) is 12.6 Å². The van der Waals surface area contributed by atoms with Crippen LogP contribution in [-0.2, 0) is 6.42 Å². The third kappa shape index (κ3) is 3.32. The third-order valence-electron chi connectivity index (χ3n) is 3.47. The van der Waals surface area contributed by atoms with Crippen LogP contribution < -0.4 is 5.32 Å². The Morgan fingerprint density at radius 2 is 2.00 bits per heavy atom. The molecule has 2 heteroatoms. The van der Waals surface area contributed by atoms with Crippen LogP contribution in [0.1, 0.15) is 24.8 Å². The summed E-state index contributed by atoms with van der Waals surface area (Å²) in [6, 6.07) is 10.6. The van der Waals surface area contributed by atoms with E-state index in [1.807, 2.05) is 6.07 Å². The van der Waals surface area contributed by atoms with E-state index >= 15 is 0 Å². The van der Waals surface area contributed by atoms with Gasteiger partial charge in [0.1, 0.15) is 0 Å². The number of aliphatic hydroxyl groups excluding tert-OH is 1. The van der Waals surface area contributed by atoms with Gasteiger partial charge in [-0.1, -0.05) is 36.8 Å². The molecule has 1 fully saturated rings. The highest BCUT2D eigenvalue weighted by atomic mass is 16.3. The van der Waals surface area contributed by atoms with E-state index < -0.39 is 0 Å². The maximum Gasteiger partial charge on any atom is 0.0587 e. The highest BCUT2D eigenvalue weighted by Gasteiger charge is 2.18. The molecule has 1 aromatic carbocycles. The summed E-state index contributed by atoms with van der Waals surface area (Å²) in [4.78, 5) is 0. The van der Waals surface area contributed by atoms with Crippen LogP contribution in [0.2, 0.25) is 0 Å². The summed E-state index contributed by atoms with van der Waals surface area (Å²) >= 11 is 0. The van der Waals surface area contributed by atoms with Crippen LogP contribution in [0.15, 0.2) is 30.3 Å². The molecule has 2 N–H and O–H groups in total. The lowest BCUT2D eigenvalue weighted by Gasteiger charge is -2.28. The molecule has 1 unspecified atom stereocenters. The van der Waals surface area contributed by atoms with Gasteiger partial charge < -0.3 is 10.4 Å². The number of nitrogens with one attached hydrogen (secondary N) is 1. The van der Waals surface area contributed by atoms with Crippen LogP contribution in [0.25, 0.3) is 0 Å². The van der Waals surface area contributed by atoms with E-state index in [1.165, 1.54) is 24.8 Å². The highest BCUT2D eigenvalue weighted by Crippen LogP contribution is 2.25. The van der Waals surface area contributed by atoms with Crippen molar-refractivity contribution in [1.29, 1.82) is 0 Å². The van der Waals surface area contributed by atoms with Gasteiger partial charge in [-0.3, -0.25) is 0 Å². The Labute approximate surface area is 97.7 Å². The predicted molar refractivity (Wildman–Crippen MR) is 66.4 cm³/mol. The monoisotopic (exact) mass is 219 g/mol. The van der Waals surface area contributed by atoms with E-state index in [2.05, 4.69) is 29.6 Å². The van der Waals surface area contributed by atoms with E-state index in [0.717, 1.165) is 18.9 Å². The van der Waals surface area contributed by atoms with Crippen LogP contribution in [-0.4, -0.2) is 24.3 Å². The number of aliphatic hydroxyl groups is 1. The fourth-order valence-corrected chi connectivity index (χ4v) is 2.13. The molecule has 88 valence electrons. The van der Waals surface area contributed by atoms with E-state index in [1.54, 1.807) is 0 Å². The van der Waals surface area contributed by atoms with Gasteiger partial charge in [0.05, 0.1) is 6.61 Å². The first-order valence-electron chi connectivity index (χ1n) is 6.26. The van der Waals surface area contributed by atoms with Crippen molar-refractivity contribution in [2.24, 2.45) is 5.92 Å². The van der Waals surface area contributed by atoms with E-state index in [0.29, 0.717) is 0 Å². The van der Waals surface area contributed by atoms with Gasteiger partial charge in [-0.2, -0.15) is 0 Å². The molecule has 0 aliphatic heterocycles. The van der Waals surface area contributed by atoms with Gasteiger partial charge in [0.25, 0.3) is 0 Å². The lowest BCUT2D eigenvalue weighted by molar-refractivity contribution is 0.220. The van der Waals surface area contributed by atoms with Crippen molar-refractivity contribution in [3.05, 3.63) is 35.9 Å². The molecule has 1 aromatic rings. The second kappa shape index (κ2) is 6.02.